The van der Waals surface area contributed by atoms with Crippen molar-refractivity contribution in [1.82, 2.24) is 9.78 Å². The second-order valence-corrected chi connectivity index (χ2v) is 6.60. The summed E-state index contributed by atoms with van der Waals surface area (Å²) in [5.74, 6) is -1.09. The van der Waals surface area contributed by atoms with Crippen molar-refractivity contribution in [2.24, 2.45) is 0 Å². The molecule has 0 radical (unpaired) electrons. The molecular weight excluding hydrogens is 388 g/mol. The average Bonchev–Trinajstić information content (AvgIpc) is 3.22. The van der Waals surface area contributed by atoms with Crippen LogP contribution in [0.15, 0.2) is 60.9 Å². The van der Waals surface area contributed by atoms with Crippen molar-refractivity contribution < 1.29 is 19.2 Å². The molecule has 0 unspecified atom stereocenters. The summed E-state index contributed by atoms with van der Waals surface area (Å²) < 4.78 is 6.70. The third kappa shape index (κ3) is 5.51. The van der Waals surface area contributed by atoms with Crippen LogP contribution in [0.5, 0.6) is 0 Å². The minimum Gasteiger partial charge on any atom is -0.456 e. The molecule has 1 aromatic heterocycles. The van der Waals surface area contributed by atoms with Gasteiger partial charge in [0.05, 0.1) is 16.8 Å². The van der Waals surface area contributed by atoms with Crippen LogP contribution in [0.2, 0.25) is 0 Å². The van der Waals surface area contributed by atoms with Crippen molar-refractivity contribution in [2.45, 2.75) is 19.8 Å². The Balaban J connectivity index is 1.45. The van der Waals surface area contributed by atoms with Gasteiger partial charge in [-0.05, 0) is 37.1 Å². The third-order valence-corrected chi connectivity index (χ3v) is 4.33. The van der Waals surface area contributed by atoms with Gasteiger partial charge in [0.2, 0.25) is 0 Å². The van der Waals surface area contributed by atoms with E-state index in [1.807, 2.05) is 36.5 Å². The standard InChI is InChI=1S/C21H20N4O5/c1-15-7-9-17(11-19(15)25(28)29)23-20(26)14-30-21(27)10-8-16-12-22-24(13-16)18-5-3-2-4-6-18/h2-7,9,11-13H,8,10,14H2,1H3,(H,23,26). The van der Waals surface area contributed by atoms with Crippen LogP contribution < -0.4 is 5.32 Å². The number of nitrogens with zero attached hydrogens (tertiary/aromatic N) is 3. The van der Waals surface area contributed by atoms with Crippen molar-refractivity contribution in [2.75, 3.05) is 11.9 Å². The number of amides is 1. The van der Waals surface area contributed by atoms with E-state index in [4.69, 9.17) is 4.74 Å². The van der Waals surface area contributed by atoms with Gasteiger partial charge < -0.3 is 10.1 Å². The number of anilines is 1. The van der Waals surface area contributed by atoms with Gasteiger partial charge in [0.15, 0.2) is 6.61 Å². The normalized spacial score (nSPS) is 10.4. The lowest BCUT2D eigenvalue weighted by molar-refractivity contribution is -0.385. The minimum atomic E-state index is -0.571. The molecular formula is C21H20N4O5. The van der Waals surface area contributed by atoms with Gasteiger partial charge >= 0.3 is 5.97 Å². The average molecular weight is 408 g/mol. The van der Waals surface area contributed by atoms with Gasteiger partial charge in [-0.1, -0.05) is 24.3 Å². The van der Waals surface area contributed by atoms with Gasteiger partial charge in [-0.15, -0.1) is 0 Å². The highest BCUT2D eigenvalue weighted by Crippen LogP contribution is 2.22. The molecule has 1 amide bonds. The maximum atomic E-state index is 11.9. The van der Waals surface area contributed by atoms with Crippen molar-refractivity contribution in [3.63, 3.8) is 0 Å². The van der Waals surface area contributed by atoms with Crippen LogP contribution in [0.25, 0.3) is 5.69 Å². The minimum absolute atomic E-state index is 0.0964. The fourth-order valence-electron chi connectivity index (χ4n) is 2.76. The van der Waals surface area contributed by atoms with E-state index < -0.39 is 23.4 Å². The van der Waals surface area contributed by atoms with Gasteiger partial charge in [-0.25, -0.2) is 4.68 Å². The first kappa shape index (κ1) is 20.7. The quantitative estimate of drug-likeness (QED) is 0.348. The number of carbonyl (C=O) groups excluding carboxylic acids is 2. The van der Waals surface area contributed by atoms with E-state index >= 15 is 0 Å². The molecule has 0 aliphatic carbocycles. The van der Waals surface area contributed by atoms with Crippen molar-refractivity contribution >= 4 is 23.3 Å². The first-order chi connectivity index (χ1) is 14.4. The summed E-state index contributed by atoms with van der Waals surface area (Å²) in [6, 6.07) is 13.9. The maximum absolute atomic E-state index is 11.9. The zero-order valence-corrected chi connectivity index (χ0v) is 16.3. The van der Waals surface area contributed by atoms with Crippen molar-refractivity contribution in [3.8, 4) is 5.69 Å². The molecule has 0 saturated heterocycles. The monoisotopic (exact) mass is 408 g/mol. The molecule has 0 saturated carbocycles. The Bertz CT molecular complexity index is 1060. The van der Waals surface area contributed by atoms with Crippen LogP contribution in [0.1, 0.15) is 17.5 Å². The second-order valence-electron chi connectivity index (χ2n) is 6.60. The number of esters is 1. The lowest BCUT2D eigenvalue weighted by Crippen LogP contribution is -2.21. The van der Waals surface area contributed by atoms with Crippen LogP contribution in [0, 0.1) is 17.0 Å². The topological polar surface area (TPSA) is 116 Å². The highest BCUT2D eigenvalue weighted by atomic mass is 16.6. The molecule has 0 aliphatic rings. The zero-order valence-electron chi connectivity index (χ0n) is 16.3. The summed E-state index contributed by atoms with van der Waals surface area (Å²) in [6.45, 7) is 1.14. The Hall–Kier alpha value is -4.01. The summed E-state index contributed by atoms with van der Waals surface area (Å²) in [5.41, 5.74) is 2.44. The van der Waals surface area contributed by atoms with Gasteiger partial charge in [0.25, 0.3) is 11.6 Å². The number of aromatic nitrogens is 2. The highest BCUT2D eigenvalue weighted by molar-refractivity contribution is 5.93. The van der Waals surface area contributed by atoms with Gasteiger partial charge in [-0.3, -0.25) is 19.7 Å². The number of hydrogen-bond acceptors (Lipinski definition) is 6. The van der Waals surface area contributed by atoms with Crippen LogP contribution in [0.3, 0.4) is 0 Å². The van der Waals surface area contributed by atoms with Gasteiger partial charge in [0, 0.05) is 29.9 Å². The predicted molar refractivity (Wildman–Crippen MR) is 109 cm³/mol. The number of rotatable bonds is 8. The van der Waals surface area contributed by atoms with Gasteiger partial charge in [-0.2, -0.15) is 5.10 Å². The summed E-state index contributed by atoms with van der Waals surface area (Å²) in [4.78, 5) is 34.3. The summed E-state index contributed by atoms with van der Waals surface area (Å²) in [7, 11) is 0. The smallest absolute Gasteiger partial charge is 0.306 e. The summed E-state index contributed by atoms with van der Waals surface area (Å²) in [6.07, 6.45) is 4.04. The third-order valence-electron chi connectivity index (χ3n) is 4.33. The number of nitrogens with one attached hydrogen (secondary N) is 1. The Morgan fingerprint density at radius 1 is 1.20 bits per heavy atom. The molecule has 9 nitrogen and oxygen atoms in total. The fraction of sp³-hybridized carbons (Fsp3) is 0.190. The molecule has 154 valence electrons. The maximum Gasteiger partial charge on any atom is 0.306 e. The predicted octanol–water partition coefficient (Wildman–Crippen LogP) is 3.20. The summed E-state index contributed by atoms with van der Waals surface area (Å²) >= 11 is 0. The van der Waals surface area contributed by atoms with Crippen LogP contribution in [0.4, 0.5) is 11.4 Å². The van der Waals surface area contributed by atoms with E-state index in [1.54, 1.807) is 23.9 Å². The van der Waals surface area contributed by atoms with E-state index in [2.05, 4.69) is 10.4 Å². The van der Waals surface area contributed by atoms with Crippen LogP contribution in [-0.4, -0.2) is 33.2 Å². The van der Waals surface area contributed by atoms with Gasteiger partial charge in [0.1, 0.15) is 0 Å². The molecule has 0 spiro atoms. The number of benzene rings is 2. The molecule has 1 heterocycles. The molecule has 30 heavy (non-hydrogen) atoms. The molecule has 9 heteroatoms. The Morgan fingerprint density at radius 2 is 1.97 bits per heavy atom. The molecule has 2 aromatic carbocycles. The number of carbonyl (C=O) groups is 2. The molecule has 0 aliphatic heterocycles. The van der Waals surface area contributed by atoms with Crippen molar-refractivity contribution in [3.05, 3.63) is 82.2 Å². The summed E-state index contributed by atoms with van der Waals surface area (Å²) in [5, 5.41) is 17.7. The van der Waals surface area contributed by atoms with Crippen molar-refractivity contribution in [1.29, 1.82) is 0 Å². The Labute approximate surface area is 172 Å². The van der Waals surface area contributed by atoms with E-state index in [0.29, 0.717) is 12.0 Å². The first-order valence-corrected chi connectivity index (χ1v) is 9.22. The SMILES string of the molecule is Cc1ccc(NC(=O)COC(=O)CCc2cnn(-c3ccccc3)c2)cc1[N+](=O)[O-]. The number of nitro benzene ring substituents is 1. The zero-order chi connectivity index (χ0) is 21.5. The Kier molecular flexibility index (Phi) is 6.53. The molecule has 0 atom stereocenters. The lowest BCUT2D eigenvalue weighted by Gasteiger charge is -2.07. The van der Waals surface area contributed by atoms with E-state index in [1.165, 1.54) is 12.1 Å². The number of para-hydroxylation sites is 1. The van der Waals surface area contributed by atoms with E-state index in [0.717, 1.165) is 11.3 Å². The molecule has 0 fully saturated rings. The number of nitro groups is 1. The number of hydrogen-bond donors (Lipinski definition) is 1. The molecule has 1 N–H and O–H groups in total. The Morgan fingerprint density at radius 3 is 2.70 bits per heavy atom. The molecule has 0 bridgehead atoms. The first-order valence-electron chi connectivity index (χ1n) is 9.22. The lowest BCUT2D eigenvalue weighted by atomic mass is 10.2. The number of aryl methyl sites for hydroxylation is 2. The van der Waals surface area contributed by atoms with Crippen LogP contribution in [-0.2, 0) is 20.7 Å². The van der Waals surface area contributed by atoms with Crippen LogP contribution >= 0.6 is 0 Å². The fourth-order valence-corrected chi connectivity index (χ4v) is 2.76. The van der Waals surface area contributed by atoms with E-state index in [-0.39, 0.29) is 17.8 Å². The molecule has 3 rings (SSSR count). The second kappa shape index (κ2) is 9.46. The van der Waals surface area contributed by atoms with E-state index in [9.17, 15) is 19.7 Å². The number of ether oxygens (including phenoxy) is 1. The largest absolute Gasteiger partial charge is 0.456 e. The molecule has 3 aromatic rings. The highest BCUT2D eigenvalue weighted by Gasteiger charge is 2.13.